The molecule has 0 amide bonds. The number of rotatable bonds is 10. The summed E-state index contributed by atoms with van der Waals surface area (Å²) in [6.07, 6.45) is -0.170. The second-order valence-electron chi connectivity index (χ2n) is 11.4. The van der Waals surface area contributed by atoms with Gasteiger partial charge in [-0.15, -0.1) is 0 Å². The number of anilines is 1. The minimum Gasteiger partial charge on any atom is -0.481 e. The Kier molecular flexibility index (Phi) is 10.5. The van der Waals surface area contributed by atoms with Crippen LogP contribution in [0.5, 0.6) is 23.0 Å². The minimum absolute atomic E-state index is 0.0812. The maximum atomic E-state index is 11.6. The largest absolute Gasteiger partial charge is 0.481 e. The Bertz CT molecular complexity index is 2120. The lowest BCUT2D eigenvalue weighted by Crippen LogP contribution is -2.04. The third kappa shape index (κ3) is 8.11. The Hall–Kier alpha value is -6.44. The molecule has 1 heterocycles. The maximum Gasteiger partial charge on any atom is 0.320 e. The third-order valence-corrected chi connectivity index (χ3v) is 8.06. The normalized spacial score (nSPS) is 10.6. The first-order valence-electron chi connectivity index (χ1n) is 14.8. The van der Waals surface area contributed by atoms with Crippen molar-refractivity contribution in [1.82, 2.24) is 4.98 Å². The fourth-order valence-electron chi connectivity index (χ4n) is 5.21. The van der Waals surface area contributed by atoms with Crippen LogP contribution in [0.3, 0.4) is 0 Å². The summed E-state index contributed by atoms with van der Waals surface area (Å²) in [5, 5.41) is 41.1. The van der Waals surface area contributed by atoms with Gasteiger partial charge >= 0.3 is 23.3 Å². The molecule has 5 rings (SSSR count). The molecule has 0 saturated carbocycles. The Labute approximate surface area is 280 Å². The predicted octanol–water partition coefficient (Wildman–Crippen LogP) is 7.63. The summed E-state index contributed by atoms with van der Waals surface area (Å²) in [5.41, 5.74) is 11.4. The van der Waals surface area contributed by atoms with E-state index in [4.69, 9.17) is 25.4 Å². The van der Waals surface area contributed by atoms with Crippen LogP contribution in [0.2, 0.25) is 0 Å². The number of carbonyl (C=O) groups is 2. The number of carboxylic acids is 2. The summed E-state index contributed by atoms with van der Waals surface area (Å²) in [5.74, 6) is -0.705. The van der Waals surface area contributed by atoms with Crippen molar-refractivity contribution in [1.29, 1.82) is 0 Å². The average Bonchev–Trinajstić information content (AvgIpc) is 3.41. The molecule has 5 aromatic rings. The number of carboxylic acid groups (broad SMARTS) is 2. The van der Waals surface area contributed by atoms with E-state index in [1.165, 1.54) is 18.2 Å². The second-order valence-corrected chi connectivity index (χ2v) is 11.4. The number of hydrogen-bond donors (Lipinski definition) is 4. The molecule has 49 heavy (non-hydrogen) atoms. The summed E-state index contributed by atoms with van der Waals surface area (Å²) < 4.78 is 11.5. The molecule has 254 valence electrons. The van der Waals surface area contributed by atoms with Gasteiger partial charge in [0.25, 0.3) is 0 Å². The first-order valence-corrected chi connectivity index (χ1v) is 14.8. The van der Waals surface area contributed by atoms with E-state index in [0.717, 1.165) is 27.9 Å². The van der Waals surface area contributed by atoms with Crippen molar-refractivity contribution < 1.29 is 39.1 Å². The molecule has 0 spiro atoms. The van der Waals surface area contributed by atoms with E-state index in [-0.39, 0.29) is 41.4 Å². The molecule has 0 aliphatic carbocycles. The summed E-state index contributed by atoms with van der Waals surface area (Å²) >= 11 is 0. The van der Waals surface area contributed by atoms with Crippen LogP contribution in [-0.4, -0.2) is 37.0 Å². The first-order chi connectivity index (χ1) is 23.1. The fraction of sp³-hybridized carbons (Fsp3) is 0.200. The van der Waals surface area contributed by atoms with Crippen molar-refractivity contribution in [3.8, 4) is 23.0 Å². The zero-order valence-corrected chi connectivity index (χ0v) is 27.3. The van der Waals surface area contributed by atoms with Crippen molar-refractivity contribution in [3.63, 3.8) is 0 Å². The highest BCUT2D eigenvalue weighted by atomic mass is 16.6. The lowest BCUT2D eigenvalue weighted by molar-refractivity contribution is -0.385. The van der Waals surface area contributed by atoms with E-state index >= 15 is 0 Å². The van der Waals surface area contributed by atoms with Gasteiger partial charge in [0.05, 0.1) is 33.6 Å². The Balaban J connectivity index is 0.000000223. The molecule has 0 bridgehead atoms. The SMILES string of the molecule is Cc1c(CC(=O)O)ccc(Oc2ccc(N)cc2[N+](=O)[O-])c1C.Cc1cc2c([N+](=O)[O-])c(Oc3ccc(CC(=O)O)c(C)c3C)ccc2[nH]1. The van der Waals surface area contributed by atoms with Crippen molar-refractivity contribution in [3.05, 3.63) is 120 Å². The number of H-pyrrole nitrogens is 1. The number of benzene rings is 4. The van der Waals surface area contributed by atoms with Gasteiger partial charge in [-0.05, 0) is 110 Å². The number of aromatic amines is 1. The van der Waals surface area contributed by atoms with Gasteiger partial charge in [-0.1, -0.05) is 12.1 Å². The Morgan fingerprint density at radius 2 is 1.18 bits per heavy atom. The molecule has 4 aromatic carbocycles. The van der Waals surface area contributed by atoms with E-state index in [1.807, 2.05) is 13.8 Å². The molecule has 0 radical (unpaired) electrons. The highest BCUT2D eigenvalue weighted by Crippen LogP contribution is 2.40. The second kappa shape index (κ2) is 14.5. The molecular formula is C35H34N4O10. The van der Waals surface area contributed by atoms with Crippen LogP contribution < -0.4 is 15.2 Å². The van der Waals surface area contributed by atoms with Crippen LogP contribution >= 0.6 is 0 Å². The lowest BCUT2D eigenvalue weighted by Gasteiger charge is -2.14. The molecule has 14 heteroatoms. The molecule has 14 nitrogen and oxygen atoms in total. The number of nitro groups is 2. The van der Waals surface area contributed by atoms with E-state index in [0.29, 0.717) is 33.5 Å². The van der Waals surface area contributed by atoms with Gasteiger partial charge in [-0.2, -0.15) is 0 Å². The zero-order chi connectivity index (χ0) is 36.2. The van der Waals surface area contributed by atoms with Crippen molar-refractivity contribution >= 4 is 39.9 Å². The van der Waals surface area contributed by atoms with E-state index in [9.17, 15) is 29.8 Å². The van der Waals surface area contributed by atoms with Gasteiger partial charge in [-0.3, -0.25) is 29.8 Å². The van der Waals surface area contributed by atoms with Crippen LogP contribution in [0.25, 0.3) is 10.9 Å². The van der Waals surface area contributed by atoms with Crippen molar-refractivity contribution in [2.75, 3.05) is 5.73 Å². The number of nitrogens with two attached hydrogens (primary N) is 1. The topological polar surface area (TPSA) is 221 Å². The van der Waals surface area contributed by atoms with Crippen LogP contribution in [0, 0.1) is 54.8 Å². The monoisotopic (exact) mass is 670 g/mol. The van der Waals surface area contributed by atoms with Crippen LogP contribution in [0.1, 0.15) is 39.1 Å². The van der Waals surface area contributed by atoms with Gasteiger partial charge in [0, 0.05) is 17.4 Å². The lowest BCUT2D eigenvalue weighted by atomic mass is 10.00. The smallest absolute Gasteiger partial charge is 0.320 e. The van der Waals surface area contributed by atoms with Crippen LogP contribution in [0.15, 0.2) is 60.7 Å². The average molecular weight is 671 g/mol. The number of aryl methyl sites for hydroxylation is 1. The molecule has 0 unspecified atom stereocenters. The van der Waals surface area contributed by atoms with Gasteiger partial charge in [0.15, 0.2) is 0 Å². The number of nitrogens with zero attached hydrogens (tertiary/aromatic N) is 2. The number of fused-ring (bicyclic) bond motifs is 1. The fourth-order valence-corrected chi connectivity index (χ4v) is 5.21. The highest BCUT2D eigenvalue weighted by molar-refractivity contribution is 5.92. The Morgan fingerprint density at radius 1 is 0.694 bits per heavy atom. The number of ether oxygens (including phenoxy) is 2. The number of aromatic nitrogens is 1. The molecule has 1 aromatic heterocycles. The van der Waals surface area contributed by atoms with Gasteiger partial charge < -0.3 is 30.4 Å². The number of aliphatic carboxylic acids is 2. The first kappa shape index (κ1) is 35.4. The van der Waals surface area contributed by atoms with E-state index in [1.54, 1.807) is 63.2 Å². The maximum absolute atomic E-state index is 11.6. The highest BCUT2D eigenvalue weighted by Gasteiger charge is 2.23. The summed E-state index contributed by atoms with van der Waals surface area (Å²) in [6, 6.07) is 15.8. The van der Waals surface area contributed by atoms with E-state index in [2.05, 4.69) is 4.98 Å². The third-order valence-electron chi connectivity index (χ3n) is 8.06. The standard InChI is InChI=1S/C19H18N2O5.C16H16N2O5/c1-10-8-14-15(20-10)5-7-17(19(14)21(24)25)26-16-6-4-13(9-18(22)23)11(2)12(16)3;1-9-10(2)14(5-3-11(9)7-16(19)20)23-15-6-4-12(17)8-13(15)18(21)22/h4-8,20H,9H2,1-3H3,(H,22,23);3-6,8H,7,17H2,1-2H3,(H,19,20). The minimum atomic E-state index is -0.921. The summed E-state index contributed by atoms with van der Waals surface area (Å²) in [4.78, 5) is 46.6. The number of hydrogen-bond acceptors (Lipinski definition) is 9. The van der Waals surface area contributed by atoms with Gasteiger partial charge in [-0.25, -0.2) is 0 Å². The molecule has 0 aliphatic heterocycles. The molecule has 0 atom stereocenters. The Morgan fingerprint density at radius 3 is 1.67 bits per heavy atom. The molecule has 5 N–H and O–H groups in total. The number of nitrogens with one attached hydrogen (secondary N) is 1. The predicted molar refractivity (Wildman–Crippen MR) is 182 cm³/mol. The summed E-state index contributed by atoms with van der Waals surface area (Å²) in [6.45, 7) is 9.02. The van der Waals surface area contributed by atoms with Crippen molar-refractivity contribution in [2.24, 2.45) is 0 Å². The molecule has 0 fully saturated rings. The van der Waals surface area contributed by atoms with Gasteiger partial charge in [0.1, 0.15) is 11.5 Å². The van der Waals surface area contributed by atoms with Gasteiger partial charge in [0.2, 0.25) is 11.5 Å². The summed E-state index contributed by atoms with van der Waals surface area (Å²) in [7, 11) is 0. The number of nitro benzene ring substituents is 2. The molecule has 0 aliphatic rings. The van der Waals surface area contributed by atoms with Crippen LogP contribution in [-0.2, 0) is 22.4 Å². The quantitative estimate of drug-likeness (QED) is 0.0642. The molecular weight excluding hydrogens is 636 g/mol. The zero-order valence-electron chi connectivity index (χ0n) is 27.3. The van der Waals surface area contributed by atoms with Crippen LogP contribution in [0.4, 0.5) is 17.1 Å². The van der Waals surface area contributed by atoms with Crippen molar-refractivity contribution in [2.45, 2.75) is 47.5 Å². The van der Waals surface area contributed by atoms with E-state index < -0.39 is 21.8 Å². The molecule has 0 saturated heterocycles. The number of nitrogen functional groups attached to an aromatic ring is 1.